The van der Waals surface area contributed by atoms with Gasteiger partial charge in [0.05, 0.1) is 13.1 Å². The predicted molar refractivity (Wildman–Crippen MR) is 97.5 cm³/mol. The summed E-state index contributed by atoms with van der Waals surface area (Å²) in [5.41, 5.74) is 1.10. The number of likely N-dealkylation sites (tertiary alicyclic amines) is 1. The molecule has 0 saturated carbocycles. The summed E-state index contributed by atoms with van der Waals surface area (Å²) >= 11 is 0. The molecule has 2 N–H and O–H groups in total. The first-order valence-electron chi connectivity index (χ1n) is 8.63. The lowest BCUT2D eigenvalue weighted by Crippen LogP contribution is -2.50. The minimum absolute atomic E-state index is 0. The Labute approximate surface area is 154 Å². The van der Waals surface area contributed by atoms with Crippen molar-refractivity contribution >= 4 is 24.2 Å². The molecule has 25 heavy (non-hydrogen) atoms. The van der Waals surface area contributed by atoms with Crippen molar-refractivity contribution in [1.82, 2.24) is 25.4 Å². The summed E-state index contributed by atoms with van der Waals surface area (Å²) in [6.45, 7) is 4.48. The Morgan fingerprint density at radius 1 is 1.28 bits per heavy atom. The summed E-state index contributed by atoms with van der Waals surface area (Å²) in [6, 6.07) is 4.08. The van der Waals surface area contributed by atoms with Gasteiger partial charge in [0.1, 0.15) is 0 Å². The number of hydrogen-bond donors (Lipinski definition) is 2. The summed E-state index contributed by atoms with van der Waals surface area (Å²) < 4.78 is 0. The Balaban J connectivity index is 0.00000225. The monoisotopic (exact) mass is 367 g/mol. The van der Waals surface area contributed by atoms with Gasteiger partial charge in [-0.25, -0.2) is 0 Å². The van der Waals surface area contributed by atoms with Gasteiger partial charge < -0.3 is 15.5 Å². The van der Waals surface area contributed by atoms with E-state index in [1.807, 2.05) is 23.2 Å². The maximum Gasteiger partial charge on any atom is 0.241 e. The average molecular weight is 368 g/mol. The first kappa shape index (κ1) is 19.6. The summed E-state index contributed by atoms with van der Waals surface area (Å²) in [5.74, 6) is -0.0803. The predicted octanol–water partition coefficient (Wildman–Crippen LogP) is 0.188. The Morgan fingerprint density at radius 3 is 2.80 bits per heavy atom. The van der Waals surface area contributed by atoms with E-state index in [0.29, 0.717) is 6.54 Å². The number of nitrogens with zero attached hydrogens (tertiary/aromatic N) is 3. The molecule has 1 unspecified atom stereocenters. The van der Waals surface area contributed by atoms with Gasteiger partial charge in [-0.3, -0.25) is 19.5 Å². The Kier molecular flexibility index (Phi) is 7.61. The fourth-order valence-corrected chi connectivity index (χ4v) is 3.33. The van der Waals surface area contributed by atoms with Crippen LogP contribution in [0.15, 0.2) is 24.5 Å². The van der Waals surface area contributed by atoms with Gasteiger partial charge >= 0.3 is 0 Å². The fourth-order valence-electron chi connectivity index (χ4n) is 3.33. The van der Waals surface area contributed by atoms with Crippen LogP contribution in [0.3, 0.4) is 0 Å². The highest BCUT2D eigenvalue weighted by Gasteiger charge is 2.26. The molecule has 0 bridgehead atoms. The molecule has 1 aromatic rings. The van der Waals surface area contributed by atoms with Crippen molar-refractivity contribution < 1.29 is 9.59 Å². The summed E-state index contributed by atoms with van der Waals surface area (Å²) in [4.78, 5) is 32.4. The molecule has 0 spiro atoms. The van der Waals surface area contributed by atoms with Crippen molar-refractivity contribution in [2.75, 3.05) is 45.8 Å². The zero-order chi connectivity index (χ0) is 16.8. The van der Waals surface area contributed by atoms with Crippen LogP contribution < -0.4 is 10.6 Å². The third kappa shape index (κ3) is 5.39. The van der Waals surface area contributed by atoms with E-state index < -0.39 is 0 Å². The third-order valence-electron chi connectivity index (χ3n) is 4.67. The number of pyridine rings is 1. The minimum Gasteiger partial charge on any atom is -0.346 e. The van der Waals surface area contributed by atoms with Crippen LogP contribution in [-0.4, -0.2) is 72.4 Å². The van der Waals surface area contributed by atoms with Gasteiger partial charge in [-0.2, -0.15) is 0 Å². The first-order valence-corrected chi connectivity index (χ1v) is 8.63. The molecule has 3 rings (SSSR count). The second kappa shape index (κ2) is 9.70. The zero-order valence-electron chi connectivity index (χ0n) is 14.3. The number of rotatable bonds is 5. The van der Waals surface area contributed by atoms with E-state index in [1.165, 1.54) is 0 Å². The maximum absolute atomic E-state index is 12.2. The Hall–Kier alpha value is -1.70. The molecule has 2 aliphatic heterocycles. The minimum atomic E-state index is -0.0988. The van der Waals surface area contributed by atoms with E-state index in [1.54, 1.807) is 6.20 Å². The Bertz CT molecular complexity index is 565. The molecule has 2 aliphatic rings. The van der Waals surface area contributed by atoms with Gasteiger partial charge in [-0.05, 0) is 24.5 Å². The fraction of sp³-hybridized carbons (Fsp3) is 0.588. The van der Waals surface area contributed by atoms with Crippen LogP contribution in [0.2, 0.25) is 0 Å². The highest BCUT2D eigenvalue weighted by atomic mass is 35.5. The average Bonchev–Trinajstić information content (AvgIpc) is 3.16. The molecule has 0 aromatic carbocycles. The number of nitrogens with one attached hydrogen (secondary N) is 2. The molecule has 8 heteroatoms. The molecule has 2 saturated heterocycles. The SMILES string of the molecule is Cl.O=C(CN1CCNCC1c1cccnc1)NCC(=O)N1CCCC1. The highest BCUT2D eigenvalue weighted by molar-refractivity contribution is 5.86. The van der Waals surface area contributed by atoms with Crippen molar-refractivity contribution in [2.45, 2.75) is 18.9 Å². The molecule has 3 heterocycles. The van der Waals surface area contributed by atoms with E-state index >= 15 is 0 Å². The van der Waals surface area contributed by atoms with E-state index in [9.17, 15) is 9.59 Å². The van der Waals surface area contributed by atoms with Gasteiger partial charge in [-0.15, -0.1) is 12.4 Å². The number of aromatic nitrogens is 1. The van der Waals surface area contributed by atoms with Crippen LogP contribution in [0.25, 0.3) is 0 Å². The molecule has 0 radical (unpaired) electrons. The zero-order valence-corrected chi connectivity index (χ0v) is 15.1. The quantitative estimate of drug-likeness (QED) is 0.776. The number of halogens is 1. The molecule has 1 atom stereocenters. The molecule has 138 valence electrons. The molecule has 2 amide bonds. The van der Waals surface area contributed by atoms with Crippen LogP contribution in [-0.2, 0) is 9.59 Å². The largest absolute Gasteiger partial charge is 0.346 e. The normalized spacial score (nSPS) is 20.8. The molecule has 2 fully saturated rings. The molecule has 0 aliphatic carbocycles. The second-order valence-corrected chi connectivity index (χ2v) is 6.34. The topological polar surface area (TPSA) is 77.6 Å². The van der Waals surface area contributed by atoms with Crippen LogP contribution in [0.1, 0.15) is 24.4 Å². The highest BCUT2D eigenvalue weighted by Crippen LogP contribution is 2.20. The first-order chi connectivity index (χ1) is 11.7. The van der Waals surface area contributed by atoms with Crippen molar-refractivity contribution in [1.29, 1.82) is 0 Å². The maximum atomic E-state index is 12.2. The van der Waals surface area contributed by atoms with Crippen LogP contribution in [0, 0.1) is 0 Å². The van der Waals surface area contributed by atoms with Gasteiger partial charge in [0, 0.05) is 51.2 Å². The lowest BCUT2D eigenvalue weighted by atomic mass is 10.1. The number of amides is 2. The van der Waals surface area contributed by atoms with E-state index in [2.05, 4.69) is 20.5 Å². The lowest BCUT2D eigenvalue weighted by molar-refractivity contribution is -0.132. The van der Waals surface area contributed by atoms with Crippen molar-refractivity contribution in [3.8, 4) is 0 Å². The van der Waals surface area contributed by atoms with E-state index in [-0.39, 0.29) is 36.8 Å². The van der Waals surface area contributed by atoms with Crippen LogP contribution in [0.5, 0.6) is 0 Å². The van der Waals surface area contributed by atoms with Gasteiger partial charge in [0.2, 0.25) is 11.8 Å². The molecule has 7 nitrogen and oxygen atoms in total. The summed E-state index contributed by atoms with van der Waals surface area (Å²) in [5, 5.41) is 6.13. The smallest absolute Gasteiger partial charge is 0.241 e. The second-order valence-electron chi connectivity index (χ2n) is 6.34. The van der Waals surface area contributed by atoms with Gasteiger partial charge in [0.25, 0.3) is 0 Å². The van der Waals surface area contributed by atoms with Crippen molar-refractivity contribution in [3.63, 3.8) is 0 Å². The molecule has 1 aromatic heterocycles. The van der Waals surface area contributed by atoms with Crippen molar-refractivity contribution in [2.24, 2.45) is 0 Å². The number of carbonyl (C=O) groups is 2. The van der Waals surface area contributed by atoms with Crippen LogP contribution in [0.4, 0.5) is 0 Å². The van der Waals surface area contributed by atoms with E-state index in [4.69, 9.17) is 0 Å². The third-order valence-corrected chi connectivity index (χ3v) is 4.67. The number of carbonyl (C=O) groups excluding carboxylic acids is 2. The lowest BCUT2D eigenvalue weighted by Gasteiger charge is -2.35. The standard InChI is InChI=1S/C17H25N5O2.ClH/c23-16(20-12-17(24)21-7-1-2-8-21)13-22-9-6-19-11-15(22)14-4-3-5-18-10-14;/h3-5,10,15,19H,1-2,6-9,11-13H2,(H,20,23);1H. The number of piperazine rings is 1. The van der Waals surface area contributed by atoms with Gasteiger partial charge in [-0.1, -0.05) is 6.07 Å². The van der Waals surface area contributed by atoms with Crippen molar-refractivity contribution in [3.05, 3.63) is 30.1 Å². The summed E-state index contributed by atoms with van der Waals surface area (Å²) in [7, 11) is 0. The summed E-state index contributed by atoms with van der Waals surface area (Å²) in [6.07, 6.45) is 5.72. The molecular formula is C17H26ClN5O2. The van der Waals surface area contributed by atoms with Crippen LogP contribution >= 0.6 is 12.4 Å². The van der Waals surface area contributed by atoms with E-state index in [0.717, 1.165) is 51.1 Å². The molecular weight excluding hydrogens is 342 g/mol. The van der Waals surface area contributed by atoms with Gasteiger partial charge in [0.15, 0.2) is 0 Å². The Morgan fingerprint density at radius 2 is 2.08 bits per heavy atom. The number of hydrogen-bond acceptors (Lipinski definition) is 5.